The number of rotatable bonds is 10. The van der Waals surface area contributed by atoms with Gasteiger partial charge in [-0.05, 0) is 43.5 Å². The highest BCUT2D eigenvalue weighted by Gasteiger charge is 2.49. The smallest absolute Gasteiger partial charge is 0.408 e. The second kappa shape index (κ2) is 13.2. The molecule has 2 aromatic rings. The van der Waals surface area contributed by atoms with Crippen LogP contribution in [0.15, 0.2) is 54.6 Å². The summed E-state index contributed by atoms with van der Waals surface area (Å²) >= 11 is 1.44. The number of hydrogen-bond acceptors (Lipinski definition) is 7. The topological polar surface area (TPSA) is 117 Å². The third kappa shape index (κ3) is 7.43. The number of thioether (sulfide) groups is 1. The molecular formula is C28H33N3O6S. The lowest BCUT2D eigenvalue weighted by atomic mass is 9.97. The molecule has 3 amide bonds. The standard InChI is InChI=1S/C28H33N3O6S/c1-5-15-37-27(35)30-22(16-19-9-7-6-8-10-19)23(32)26(34)31-18-38-28(2,3)24(31)25(33)29-17-20-11-13-21(36-4)14-12-20/h1,6-14,22-24,32H,15-18H2,2-4H3,(H,29,33)(H,30,35)/t22-,23-,24+/m0/s1. The number of terminal acetylenes is 1. The van der Waals surface area contributed by atoms with Crippen molar-refractivity contribution in [2.45, 2.75) is 49.7 Å². The van der Waals surface area contributed by atoms with Crippen molar-refractivity contribution in [1.29, 1.82) is 0 Å². The fraction of sp³-hybridized carbons (Fsp3) is 0.393. The van der Waals surface area contributed by atoms with Crippen LogP contribution < -0.4 is 15.4 Å². The minimum atomic E-state index is -1.63. The molecule has 0 radical (unpaired) electrons. The van der Waals surface area contributed by atoms with E-state index in [1.807, 2.05) is 56.3 Å². The summed E-state index contributed by atoms with van der Waals surface area (Å²) in [5, 5.41) is 16.6. The van der Waals surface area contributed by atoms with E-state index in [-0.39, 0.29) is 31.4 Å². The van der Waals surface area contributed by atoms with Crippen LogP contribution in [-0.4, -0.2) is 70.4 Å². The van der Waals surface area contributed by atoms with Crippen molar-refractivity contribution in [2.75, 3.05) is 19.6 Å². The van der Waals surface area contributed by atoms with Gasteiger partial charge in [0.15, 0.2) is 12.7 Å². The molecule has 0 spiro atoms. The lowest BCUT2D eigenvalue weighted by Crippen LogP contribution is -2.58. The Balaban J connectivity index is 1.75. The zero-order valence-electron chi connectivity index (χ0n) is 21.7. The molecule has 0 saturated carbocycles. The second-order valence-corrected chi connectivity index (χ2v) is 10.9. The summed E-state index contributed by atoms with van der Waals surface area (Å²) < 4.78 is 9.46. The number of carbonyl (C=O) groups is 3. The van der Waals surface area contributed by atoms with Crippen LogP contribution in [0.3, 0.4) is 0 Å². The van der Waals surface area contributed by atoms with Gasteiger partial charge in [-0.1, -0.05) is 48.4 Å². The van der Waals surface area contributed by atoms with Crippen LogP contribution >= 0.6 is 11.8 Å². The molecule has 1 aliphatic rings. The van der Waals surface area contributed by atoms with E-state index in [4.69, 9.17) is 15.9 Å². The van der Waals surface area contributed by atoms with Crippen LogP contribution in [-0.2, 0) is 27.3 Å². The summed E-state index contributed by atoms with van der Waals surface area (Å²) in [7, 11) is 1.58. The Kier molecular flexibility index (Phi) is 10.0. The van der Waals surface area contributed by atoms with Crippen molar-refractivity contribution < 1.29 is 29.0 Å². The molecule has 0 aromatic heterocycles. The summed E-state index contributed by atoms with van der Waals surface area (Å²) in [5.74, 6) is 2.12. The molecule has 0 aliphatic carbocycles. The van der Waals surface area contributed by atoms with Gasteiger partial charge in [0.2, 0.25) is 5.91 Å². The van der Waals surface area contributed by atoms with Gasteiger partial charge in [-0.25, -0.2) is 4.79 Å². The van der Waals surface area contributed by atoms with Gasteiger partial charge in [0, 0.05) is 11.3 Å². The lowest BCUT2D eigenvalue weighted by molar-refractivity contribution is -0.147. The number of carbonyl (C=O) groups excluding carboxylic acids is 3. The number of benzene rings is 2. The third-order valence-electron chi connectivity index (χ3n) is 6.23. The highest BCUT2D eigenvalue weighted by molar-refractivity contribution is 8.00. The predicted octanol–water partition coefficient (Wildman–Crippen LogP) is 2.32. The molecule has 0 unspecified atom stereocenters. The summed E-state index contributed by atoms with van der Waals surface area (Å²) in [6, 6.07) is 14.6. The quantitative estimate of drug-likeness (QED) is 0.397. The van der Waals surface area contributed by atoms with Gasteiger partial charge in [-0.15, -0.1) is 18.2 Å². The van der Waals surface area contributed by atoms with Gasteiger partial charge in [0.05, 0.1) is 19.0 Å². The molecule has 1 heterocycles. The Labute approximate surface area is 227 Å². The maximum atomic E-state index is 13.6. The monoisotopic (exact) mass is 539 g/mol. The molecule has 1 aliphatic heterocycles. The molecule has 38 heavy (non-hydrogen) atoms. The Morgan fingerprint density at radius 3 is 2.47 bits per heavy atom. The van der Waals surface area contributed by atoms with Crippen molar-refractivity contribution in [1.82, 2.24) is 15.5 Å². The number of alkyl carbamates (subject to hydrolysis) is 1. The molecule has 1 fully saturated rings. The first-order valence-corrected chi connectivity index (χ1v) is 13.1. The molecule has 3 atom stereocenters. The first-order valence-electron chi connectivity index (χ1n) is 12.1. The first kappa shape index (κ1) is 28.9. The Morgan fingerprint density at radius 1 is 1.16 bits per heavy atom. The third-order valence-corrected chi connectivity index (χ3v) is 7.60. The highest BCUT2D eigenvalue weighted by Crippen LogP contribution is 2.40. The van der Waals surface area contributed by atoms with E-state index in [1.54, 1.807) is 19.2 Å². The van der Waals surface area contributed by atoms with E-state index in [1.165, 1.54) is 16.7 Å². The molecule has 0 bridgehead atoms. The van der Waals surface area contributed by atoms with E-state index in [9.17, 15) is 19.5 Å². The lowest BCUT2D eigenvalue weighted by Gasteiger charge is -2.33. The van der Waals surface area contributed by atoms with Gasteiger partial charge in [0.1, 0.15) is 11.8 Å². The highest BCUT2D eigenvalue weighted by atomic mass is 32.2. The number of methoxy groups -OCH3 is 1. The van der Waals surface area contributed by atoms with E-state index in [0.717, 1.165) is 11.1 Å². The number of nitrogens with zero attached hydrogens (tertiary/aromatic N) is 1. The number of aliphatic hydroxyl groups is 1. The summed E-state index contributed by atoms with van der Waals surface area (Å²) in [6.07, 6.45) is 2.85. The number of nitrogens with one attached hydrogen (secondary N) is 2. The Hall–Kier alpha value is -3.68. The summed E-state index contributed by atoms with van der Waals surface area (Å²) in [6.45, 7) is 3.78. The van der Waals surface area contributed by atoms with Gasteiger partial charge in [0.25, 0.3) is 5.91 Å². The average Bonchev–Trinajstić information content (AvgIpc) is 3.24. The molecule has 9 nitrogen and oxygen atoms in total. The normalized spacial score (nSPS) is 17.6. The van der Waals surface area contributed by atoms with E-state index < -0.39 is 34.9 Å². The molecular weight excluding hydrogens is 506 g/mol. The maximum Gasteiger partial charge on any atom is 0.408 e. The minimum Gasteiger partial charge on any atom is -0.497 e. The number of hydrogen-bond donors (Lipinski definition) is 3. The molecule has 202 valence electrons. The van der Waals surface area contributed by atoms with E-state index in [0.29, 0.717) is 5.75 Å². The van der Waals surface area contributed by atoms with Gasteiger partial charge >= 0.3 is 6.09 Å². The number of aliphatic hydroxyl groups excluding tert-OH is 1. The van der Waals surface area contributed by atoms with Gasteiger partial charge < -0.3 is 30.1 Å². The SMILES string of the molecule is C#CCOC(=O)N[C@@H](Cc1ccccc1)[C@H](O)C(=O)N1CSC(C)(C)[C@H]1C(=O)NCc1ccc(OC)cc1. The van der Waals surface area contributed by atoms with Crippen molar-refractivity contribution in [3.63, 3.8) is 0 Å². The van der Waals surface area contributed by atoms with Crippen LogP contribution in [0.25, 0.3) is 0 Å². The largest absolute Gasteiger partial charge is 0.497 e. The zero-order chi connectivity index (χ0) is 27.7. The molecule has 3 N–H and O–H groups in total. The summed E-state index contributed by atoms with van der Waals surface area (Å²) in [4.78, 5) is 40.5. The summed E-state index contributed by atoms with van der Waals surface area (Å²) in [5.41, 5.74) is 1.67. The minimum absolute atomic E-state index is 0.164. The van der Waals surface area contributed by atoms with Crippen molar-refractivity contribution in [2.24, 2.45) is 0 Å². The van der Waals surface area contributed by atoms with Crippen LogP contribution in [0.1, 0.15) is 25.0 Å². The van der Waals surface area contributed by atoms with Gasteiger partial charge in [-0.2, -0.15) is 0 Å². The molecule has 2 aromatic carbocycles. The van der Waals surface area contributed by atoms with Crippen LogP contribution in [0.5, 0.6) is 5.75 Å². The fourth-order valence-electron chi connectivity index (χ4n) is 4.19. The Morgan fingerprint density at radius 2 is 1.84 bits per heavy atom. The van der Waals surface area contributed by atoms with Gasteiger partial charge in [-0.3, -0.25) is 9.59 Å². The number of ether oxygens (including phenoxy) is 2. The van der Waals surface area contributed by atoms with Crippen LogP contribution in [0, 0.1) is 12.3 Å². The van der Waals surface area contributed by atoms with Crippen LogP contribution in [0.2, 0.25) is 0 Å². The maximum absolute atomic E-state index is 13.6. The van der Waals surface area contributed by atoms with E-state index in [2.05, 4.69) is 16.6 Å². The second-order valence-electron chi connectivity index (χ2n) is 9.32. The van der Waals surface area contributed by atoms with Crippen LogP contribution in [0.4, 0.5) is 4.79 Å². The van der Waals surface area contributed by atoms with Crippen molar-refractivity contribution >= 4 is 29.7 Å². The Bertz CT molecular complexity index is 1150. The molecule has 1 saturated heterocycles. The zero-order valence-corrected chi connectivity index (χ0v) is 22.5. The van der Waals surface area contributed by atoms with Crippen molar-refractivity contribution in [3.05, 3.63) is 65.7 Å². The van der Waals surface area contributed by atoms with E-state index >= 15 is 0 Å². The molecule has 10 heteroatoms. The first-order chi connectivity index (χ1) is 18.2. The number of amides is 3. The fourth-order valence-corrected chi connectivity index (χ4v) is 5.33. The van der Waals surface area contributed by atoms with Crippen molar-refractivity contribution in [3.8, 4) is 18.1 Å². The predicted molar refractivity (Wildman–Crippen MR) is 145 cm³/mol. The average molecular weight is 540 g/mol. The molecule has 3 rings (SSSR count).